The number of benzene rings is 2. The molecule has 1 aliphatic carbocycles. The highest BCUT2D eigenvalue weighted by atomic mass is 35.5. The largest absolute Gasteiger partial charge is 0.495 e. The van der Waals surface area contributed by atoms with Crippen molar-refractivity contribution in [3.05, 3.63) is 63.2 Å². The van der Waals surface area contributed by atoms with E-state index < -0.39 is 10.3 Å². The van der Waals surface area contributed by atoms with Gasteiger partial charge in [-0.25, -0.2) is 0 Å². The molecule has 6 nitrogen and oxygen atoms in total. The van der Waals surface area contributed by atoms with E-state index in [1.807, 2.05) is 0 Å². The molecule has 0 aromatic heterocycles. The highest BCUT2D eigenvalue weighted by molar-refractivity contribution is 6.32. The average Bonchev–Trinajstić information content (AvgIpc) is 3.37. The number of amides is 1. The highest BCUT2D eigenvalue weighted by Gasteiger charge is 2.51. The number of halogens is 1. The molecule has 0 aliphatic heterocycles. The molecular formula is C17H15ClN2O4. The Morgan fingerprint density at radius 3 is 2.42 bits per heavy atom. The van der Waals surface area contributed by atoms with Gasteiger partial charge in [-0.3, -0.25) is 14.9 Å². The Hall–Kier alpha value is -2.60. The number of anilines is 1. The number of rotatable bonds is 5. The number of carbonyl (C=O) groups excluding carboxylic acids is 1. The lowest BCUT2D eigenvalue weighted by atomic mass is 9.94. The van der Waals surface area contributed by atoms with Gasteiger partial charge in [0, 0.05) is 17.8 Å². The minimum Gasteiger partial charge on any atom is -0.495 e. The van der Waals surface area contributed by atoms with E-state index in [4.69, 9.17) is 16.3 Å². The Labute approximate surface area is 143 Å². The zero-order valence-corrected chi connectivity index (χ0v) is 13.7. The molecule has 0 atom stereocenters. The molecule has 124 valence electrons. The van der Waals surface area contributed by atoms with E-state index in [9.17, 15) is 14.9 Å². The van der Waals surface area contributed by atoms with Crippen molar-refractivity contribution in [3.63, 3.8) is 0 Å². The fourth-order valence-corrected chi connectivity index (χ4v) is 2.93. The lowest BCUT2D eigenvalue weighted by molar-refractivity contribution is -0.384. The summed E-state index contributed by atoms with van der Waals surface area (Å²) >= 11 is 6.07. The summed E-state index contributed by atoms with van der Waals surface area (Å²) in [4.78, 5) is 22.9. The summed E-state index contributed by atoms with van der Waals surface area (Å²) in [7, 11) is 1.52. The van der Waals surface area contributed by atoms with E-state index in [0.29, 0.717) is 29.3 Å². The van der Waals surface area contributed by atoms with Crippen LogP contribution in [0.3, 0.4) is 0 Å². The van der Waals surface area contributed by atoms with Crippen LogP contribution in [0.1, 0.15) is 18.4 Å². The lowest BCUT2D eigenvalue weighted by Gasteiger charge is -2.16. The summed E-state index contributed by atoms with van der Waals surface area (Å²) in [5.41, 5.74) is 0.753. The van der Waals surface area contributed by atoms with Crippen molar-refractivity contribution < 1.29 is 14.5 Å². The van der Waals surface area contributed by atoms with E-state index in [-0.39, 0.29) is 11.6 Å². The Bertz CT molecular complexity index is 801. The van der Waals surface area contributed by atoms with E-state index in [1.54, 1.807) is 30.3 Å². The van der Waals surface area contributed by atoms with Gasteiger partial charge in [0.05, 0.1) is 22.5 Å². The van der Waals surface area contributed by atoms with Gasteiger partial charge in [-0.05, 0) is 36.6 Å². The number of nitro benzene ring substituents is 1. The number of nitro groups is 1. The quantitative estimate of drug-likeness (QED) is 0.657. The van der Waals surface area contributed by atoms with Crippen LogP contribution in [0.25, 0.3) is 0 Å². The second kappa shape index (κ2) is 6.13. The van der Waals surface area contributed by atoms with Gasteiger partial charge in [-0.1, -0.05) is 23.7 Å². The molecule has 2 aromatic rings. The van der Waals surface area contributed by atoms with Gasteiger partial charge in [-0.15, -0.1) is 0 Å². The van der Waals surface area contributed by atoms with E-state index in [0.717, 1.165) is 5.56 Å². The maximum Gasteiger partial charge on any atom is 0.269 e. The molecule has 1 fully saturated rings. The second-order valence-electron chi connectivity index (χ2n) is 5.69. The van der Waals surface area contributed by atoms with Crippen molar-refractivity contribution in [2.24, 2.45) is 0 Å². The van der Waals surface area contributed by atoms with Gasteiger partial charge in [0.15, 0.2) is 0 Å². The standard InChI is InChI=1S/C17H15ClN2O4/c1-24-15-7-4-12(10-14(15)18)19-16(21)17(8-9-17)11-2-5-13(6-3-11)20(22)23/h2-7,10H,8-9H2,1H3,(H,19,21). The number of carbonyl (C=O) groups is 1. The van der Waals surface area contributed by atoms with Crippen LogP contribution >= 0.6 is 11.6 Å². The third kappa shape index (κ3) is 2.92. The molecule has 1 aliphatic rings. The highest BCUT2D eigenvalue weighted by Crippen LogP contribution is 2.49. The molecular weight excluding hydrogens is 332 g/mol. The Kier molecular flexibility index (Phi) is 4.15. The predicted molar refractivity (Wildman–Crippen MR) is 90.6 cm³/mol. The molecule has 3 rings (SSSR count). The molecule has 0 saturated heterocycles. The van der Waals surface area contributed by atoms with Crippen LogP contribution in [0.15, 0.2) is 42.5 Å². The molecule has 7 heteroatoms. The Morgan fingerprint density at radius 1 is 1.25 bits per heavy atom. The van der Waals surface area contributed by atoms with Crippen molar-refractivity contribution in [3.8, 4) is 5.75 Å². The van der Waals surface area contributed by atoms with Gasteiger partial charge in [0.1, 0.15) is 5.75 Å². The van der Waals surface area contributed by atoms with E-state index in [1.165, 1.54) is 19.2 Å². The average molecular weight is 347 g/mol. The SMILES string of the molecule is COc1ccc(NC(=O)C2(c3ccc([N+](=O)[O-])cc3)CC2)cc1Cl. The fraction of sp³-hybridized carbons (Fsp3) is 0.235. The first-order chi connectivity index (χ1) is 11.5. The summed E-state index contributed by atoms with van der Waals surface area (Å²) in [5, 5.41) is 14.0. The molecule has 0 radical (unpaired) electrons. The van der Waals surface area contributed by atoms with Crippen LogP contribution < -0.4 is 10.1 Å². The van der Waals surface area contributed by atoms with Crippen LogP contribution in [0.2, 0.25) is 5.02 Å². The molecule has 0 unspecified atom stereocenters. The number of non-ortho nitro benzene ring substituents is 1. The van der Waals surface area contributed by atoms with Crippen molar-refractivity contribution >= 4 is 28.9 Å². The number of hydrogen-bond acceptors (Lipinski definition) is 4. The molecule has 24 heavy (non-hydrogen) atoms. The third-order valence-corrected chi connectivity index (χ3v) is 4.52. The topological polar surface area (TPSA) is 81.5 Å². The van der Waals surface area contributed by atoms with Gasteiger partial charge >= 0.3 is 0 Å². The van der Waals surface area contributed by atoms with Gasteiger partial charge in [0.25, 0.3) is 5.69 Å². The molecule has 1 amide bonds. The zero-order chi connectivity index (χ0) is 17.3. The Balaban J connectivity index is 1.79. The number of ether oxygens (including phenoxy) is 1. The van der Waals surface area contributed by atoms with E-state index in [2.05, 4.69) is 5.32 Å². The van der Waals surface area contributed by atoms with Crippen molar-refractivity contribution in [1.82, 2.24) is 0 Å². The summed E-state index contributed by atoms with van der Waals surface area (Å²) in [6.07, 6.45) is 1.42. The van der Waals surface area contributed by atoms with Crippen molar-refractivity contribution in [2.75, 3.05) is 12.4 Å². The van der Waals surface area contributed by atoms with Gasteiger partial charge in [0.2, 0.25) is 5.91 Å². The van der Waals surface area contributed by atoms with Crippen LogP contribution in [-0.4, -0.2) is 17.9 Å². The first-order valence-electron chi connectivity index (χ1n) is 7.36. The smallest absolute Gasteiger partial charge is 0.269 e. The first-order valence-corrected chi connectivity index (χ1v) is 7.74. The molecule has 0 bridgehead atoms. The summed E-state index contributed by atoms with van der Waals surface area (Å²) < 4.78 is 5.08. The zero-order valence-electron chi connectivity index (χ0n) is 12.9. The first kappa shape index (κ1) is 16.3. The van der Waals surface area contributed by atoms with Crippen molar-refractivity contribution in [2.45, 2.75) is 18.3 Å². The summed E-state index contributed by atoms with van der Waals surface area (Å²) in [5.74, 6) is 0.392. The number of nitrogens with zero attached hydrogens (tertiary/aromatic N) is 1. The van der Waals surface area contributed by atoms with Crippen molar-refractivity contribution in [1.29, 1.82) is 0 Å². The second-order valence-corrected chi connectivity index (χ2v) is 6.10. The van der Waals surface area contributed by atoms with Gasteiger partial charge in [-0.2, -0.15) is 0 Å². The molecule has 0 spiro atoms. The Morgan fingerprint density at radius 2 is 1.92 bits per heavy atom. The lowest BCUT2D eigenvalue weighted by Crippen LogP contribution is -2.27. The summed E-state index contributed by atoms with van der Waals surface area (Å²) in [6.45, 7) is 0. The van der Waals surface area contributed by atoms with Crippen LogP contribution in [0.5, 0.6) is 5.75 Å². The maximum absolute atomic E-state index is 12.7. The number of methoxy groups -OCH3 is 1. The summed E-state index contributed by atoms with van der Waals surface area (Å²) in [6, 6.07) is 11.2. The normalized spacial score (nSPS) is 14.8. The third-order valence-electron chi connectivity index (χ3n) is 4.23. The molecule has 2 aromatic carbocycles. The fourth-order valence-electron chi connectivity index (χ4n) is 2.67. The molecule has 1 saturated carbocycles. The van der Waals surface area contributed by atoms with Crippen LogP contribution in [0.4, 0.5) is 11.4 Å². The van der Waals surface area contributed by atoms with Crippen LogP contribution in [0, 0.1) is 10.1 Å². The van der Waals surface area contributed by atoms with Gasteiger partial charge < -0.3 is 10.1 Å². The minimum atomic E-state index is -0.623. The van der Waals surface area contributed by atoms with E-state index >= 15 is 0 Å². The van der Waals surface area contributed by atoms with Crippen LogP contribution in [-0.2, 0) is 10.2 Å². The predicted octanol–water partition coefficient (Wildman–Crippen LogP) is 3.93. The maximum atomic E-state index is 12.7. The monoisotopic (exact) mass is 346 g/mol. The minimum absolute atomic E-state index is 0.0110. The molecule has 0 heterocycles. The molecule has 1 N–H and O–H groups in total. The number of hydrogen-bond donors (Lipinski definition) is 1. The number of nitrogens with one attached hydrogen (secondary N) is 1.